The fourth-order valence-electron chi connectivity index (χ4n) is 2.99. The van der Waals surface area contributed by atoms with Crippen LogP contribution in [0.25, 0.3) is 0 Å². The molecular weight excluding hydrogens is 305 g/mol. The molecule has 0 aromatic heterocycles. The van der Waals surface area contributed by atoms with E-state index in [0.29, 0.717) is 25.3 Å². The Labute approximate surface area is 133 Å². The highest BCUT2D eigenvalue weighted by atomic mass is 32.2. The summed E-state index contributed by atoms with van der Waals surface area (Å²) in [6.07, 6.45) is 1.22. The summed E-state index contributed by atoms with van der Waals surface area (Å²) < 4.78 is 18.7. The van der Waals surface area contributed by atoms with Gasteiger partial charge >= 0.3 is 0 Å². The molecule has 2 fully saturated rings. The maximum Gasteiger partial charge on any atom is 0.252 e. The van der Waals surface area contributed by atoms with Crippen LogP contribution in [0.1, 0.15) is 24.5 Å². The Hall–Kier alpha value is -1.11. The number of benzene rings is 1. The smallest absolute Gasteiger partial charge is 0.252 e. The lowest BCUT2D eigenvalue weighted by molar-refractivity contribution is -0.137. The Morgan fingerprint density at radius 2 is 2.23 bits per heavy atom. The molecule has 0 unspecified atom stereocenters. The van der Waals surface area contributed by atoms with Crippen LogP contribution in [0, 0.1) is 11.7 Å². The van der Waals surface area contributed by atoms with Crippen LogP contribution in [-0.2, 0) is 9.53 Å². The Kier molecular flexibility index (Phi) is 4.70. The second-order valence-electron chi connectivity index (χ2n) is 5.94. The second-order valence-corrected chi connectivity index (χ2v) is 7.04. The van der Waals surface area contributed by atoms with Crippen molar-refractivity contribution < 1.29 is 19.0 Å². The van der Waals surface area contributed by atoms with E-state index in [0.717, 1.165) is 17.7 Å². The molecule has 3 atom stereocenters. The summed E-state index contributed by atoms with van der Waals surface area (Å²) in [6.45, 7) is 1.09. The minimum atomic E-state index is -1.23. The van der Waals surface area contributed by atoms with Gasteiger partial charge in [0, 0.05) is 24.8 Å². The van der Waals surface area contributed by atoms with Crippen molar-refractivity contribution in [3.63, 3.8) is 0 Å². The van der Waals surface area contributed by atoms with Crippen LogP contribution in [0.4, 0.5) is 4.39 Å². The first-order chi connectivity index (χ1) is 10.6. The van der Waals surface area contributed by atoms with Crippen molar-refractivity contribution in [2.75, 3.05) is 24.7 Å². The quantitative estimate of drug-likeness (QED) is 0.887. The third-order valence-corrected chi connectivity index (χ3v) is 5.54. The largest absolute Gasteiger partial charge is 0.379 e. The third kappa shape index (κ3) is 3.29. The van der Waals surface area contributed by atoms with Crippen LogP contribution in [0.5, 0.6) is 0 Å². The van der Waals surface area contributed by atoms with Crippen molar-refractivity contribution in [3.05, 3.63) is 35.6 Å². The van der Waals surface area contributed by atoms with Crippen molar-refractivity contribution >= 4 is 17.7 Å². The molecule has 2 saturated heterocycles. The number of hydrogen-bond donors (Lipinski definition) is 2. The molecule has 0 aliphatic carbocycles. The molecule has 0 spiro atoms. The number of aliphatic hydroxyl groups is 1. The van der Waals surface area contributed by atoms with Crippen LogP contribution < -0.4 is 5.32 Å². The number of carbonyl (C=O) groups excluding carboxylic acids is 1. The van der Waals surface area contributed by atoms with Crippen molar-refractivity contribution in [2.24, 2.45) is 5.92 Å². The molecule has 2 N–H and O–H groups in total. The summed E-state index contributed by atoms with van der Waals surface area (Å²) in [6, 6.07) is 6.29. The fourth-order valence-corrected chi connectivity index (χ4v) is 4.22. The Balaban J connectivity index is 1.59. The van der Waals surface area contributed by atoms with Crippen LogP contribution in [-0.4, -0.2) is 41.3 Å². The van der Waals surface area contributed by atoms with E-state index in [1.54, 1.807) is 23.9 Å². The highest BCUT2D eigenvalue weighted by Crippen LogP contribution is 2.34. The topological polar surface area (TPSA) is 58.6 Å². The van der Waals surface area contributed by atoms with Gasteiger partial charge in [-0.2, -0.15) is 11.8 Å². The first-order valence-corrected chi connectivity index (χ1v) is 8.69. The molecule has 1 aromatic carbocycles. The predicted octanol–water partition coefficient (Wildman–Crippen LogP) is 1.89. The average molecular weight is 325 g/mol. The number of thioether (sulfide) groups is 1. The molecule has 6 heteroatoms. The zero-order valence-electron chi connectivity index (χ0n) is 12.3. The SMILES string of the molecule is O=C(NC[C@@H]1CCO[C@H]1c1ccc(F)cc1)[C@@]1(O)CCSC1. The van der Waals surface area contributed by atoms with Gasteiger partial charge in [0.15, 0.2) is 5.60 Å². The predicted molar refractivity (Wildman–Crippen MR) is 83.1 cm³/mol. The summed E-state index contributed by atoms with van der Waals surface area (Å²) in [4.78, 5) is 12.1. The highest BCUT2D eigenvalue weighted by molar-refractivity contribution is 7.99. The van der Waals surface area contributed by atoms with Crippen molar-refractivity contribution in [2.45, 2.75) is 24.5 Å². The van der Waals surface area contributed by atoms with E-state index >= 15 is 0 Å². The van der Waals surface area contributed by atoms with Gasteiger partial charge in [-0.15, -0.1) is 0 Å². The van der Waals surface area contributed by atoms with E-state index in [1.807, 2.05) is 0 Å². The van der Waals surface area contributed by atoms with Gasteiger partial charge in [0.05, 0.1) is 6.10 Å². The van der Waals surface area contributed by atoms with Gasteiger partial charge in [-0.1, -0.05) is 12.1 Å². The molecular formula is C16H20FNO3S. The average Bonchev–Trinajstić information content (AvgIpc) is 3.15. The van der Waals surface area contributed by atoms with Gasteiger partial charge < -0.3 is 15.2 Å². The van der Waals surface area contributed by atoms with Crippen LogP contribution >= 0.6 is 11.8 Å². The molecule has 0 bridgehead atoms. The van der Waals surface area contributed by atoms with Crippen LogP contribution in [0.3, 0.4) is 0 Å². The molecule has 2 aliphatic rings. The number of amides is 1. The number of carbonyl (C=O) groups is 1. The lowest BCUT2D eigenvalue weighted by atomic mass is 9.94. The van der Waals surface area contributed by atoms with Crippen LogP contribution in [0.2, 0.25) is 0 Å². The lowest BCUT2D eigenvalue weighted by Crippen LogP contribution is -2.48. The summed E-state index contributed by atoms with van der Waals surface area (Å²) in [5.41, 5.74) is -0.302. The molecule has 22 heavy (non-hydrogen) atoms. The van der Waals surface area contributed by atoms with Gasteiger partial charge in [0.2, 0.25) is 0 Å². The summed E-state index contributed by atoms with van der Waals surface area (Å²) in [7, 11) is 0. The fraction of sp³-hybridized carbons (Fsp3) is 0.562. The maximum absolute atomic E-state index is 13.0. The van der Waals surface area contributed by atoms with E-state index in [-0.39, 0.29) is 23.7 Å². The molecule has 0 radical (unpaired) electrons. The zero-order valence-corrected chi connectivity index (χ0v) is 13.1. The molecule has 120 valence electrons. The molecule has 2 heterocycles. The van der Waals surface area contributed by atoms with Gasteiger partial charge in [-0.25, -0.2) is 4.39 Å². The summed E-state index contributed by atoms with van der Waals surface area (Å²) >= 11 is 1.60. The molecule has 4 nitrogen and oxygen atoms in total. The Morgan fingerprint density at radius 3 is 2.91 bits per heavy atom. The molecule has 2 aliphatic heterocycles. The first kappa shape index (κ1) is 15.8. The Bertz CT molecular complexity index is 531. The Morgan fingerprint density at radius 1 is 1.45 bits per heavy atom. The van der Waals surface area contributed by atoms with E-state index in [4.69, 9.17) is 4.74 Å². The van der Waals surface area contributed by atoms with Crippen molar-refractivity contribution in [1.29, 1.82) is 0 Å². The van der Waals surface area contributed by atoms with Crippen molar-refractivity contribution in [1.82, 2.24) is 5.32 Å². The maximum atomic E-state index is 13.0. The first-order valence-electron chi connectivity index (χ1n) is 7.54. The molecule has 0 saturated carbocycles. The van der Waals surface area contributed by atoms with Gasteiger partial charge in [-0.3, -0.25) is 4.79 Å². The highest BCUT2D eigenvalue weighted by Gasteiger charge is 2.40. The van der Waals surface area contributed by atoms with Crippen molar-refractivity contribution in [3.8, 4) is 0 Å². The second kappa shape index (κ2) is 6.56. The summed E-state index contributed by atoms with van der Waals surface area (Å²) in [5.74, 6) is 0.859. The third-order valence-electron chi connectivity index (χ3n) is 4.36. The van der Waals surface area contributed by atoms with E-state index in [1.165, 1.54) is 12.1 Å². The monoisotopic (exact) mass is 325 g/mol. The molecule has 1 aromatic rings. The number of nitrogens with one attached hydrogen (secondary N) is 1. The van der Waals surface area contributed by atoms with Gasteiger partial charge in [0.1, 0.15) is 5.82 Å². The van der Waals surface area contributed by atoms with Gasteiger partial charge in [-0.05, 0) is 36.3 Å². The van der Waals surface area contributed by atoms with Gasteiger partial charge in [0.25, 0.3) is 5.91 Å². The van der Waals surface area contributed by atoms with E-state index < -0.39 is 5.60 Å². The molecule has 3 rings (SSSR count). The van der Waals surface area contributed by atoms with Crippen LogP contribution in [0.15, 0.2) is 24.3 Å². The van der Waals surface area contributed by atoms with E-state index in [2.05, 4.69) is 5.32 Å². The molecule has 1 amide bonds. The minimum absolute atomic E-state index is 0.131. The number of rotatable bonds is 4. The zero-order chi connectivity index (χ0) is 15.6. The number of hydrogen-bond acceptors (Lipinski definition) is 4. The standard InChI is InChI=1S/C16H20FNO3S/c17-13-3-1-11(2-4-13)14-12(5-7-21-14)9-18-15(19)16(20)6-8-22-10-16/h1-4,12,14,20H,5-10H2,(H,18,19)/t12-,14-,16+/m0/s1. The number of ether oxygens (including phenoxy) is 1. The summed E-state index contributed by atoms with van der Waals surface area (Å²) in [5, 5.41) is 13.1. The minimum Gasteiger partial charge on any atom is -0.379 e. The number of halogens is 1. The van der Waals surface area contributed by atoms with E-state index in [9.17, 15) is 14.3 Å². The normalized spacial score (nSPS) is 31.4. The lowest BCUT2D eigenvalue weighted by Gasteiger charge is -2.23.